The zero-order chi connectivity index (χ0) is 17.8. The predicted molar refractivity (Wildman–Crippen MR) is 95.5 cm³/mol. The van der Waals surface area contributed by atoms with Gasteiger partial charge in [-0.1, -0.05) is 35.9 Å². The molecule has 0 radical (unpaired) electrons. The SMILES string of the molecule is Cc1ccc(CCC(=O)OCc2cc(=O)n3cc(C)ccc3n2)cc1. The van der Waals surface area contributed by atoms with E-state index in [0.717, 1.165) is 11.1 Å². The van der Waals surface area contributed by atoms with Gasteiger partial charge in [-0.15, -0.1) is 0 Å². The lowest BCUT2D eigenvalue weighted by atomic mass is 10.1. The molecule has 0 spiro atoms. The molecule has 3 aromatic rings. The summed E-state index contributed by atoms with van der Waals surface area (Å²) >= 11 is 0. The van der Waals surface area contributed by atoms with Gasteiger partial charge in [-0.3, -0.25) is 14.0 Å². The van der Waals surface area contributed by atoms with Gasteiger partial charge in [0.2, 0.25) is 0 Å². The number of nitrogens with zero attached hydrogens (tertiary/aromatic N) is 2. The molecule has 0 amide bonds. The first kappa shape index (κ1) is 16.9. The number of esters is 1. The molecule has 2 heterocycles. The van der Waals surface area contributed by atoms with Gasteiger partial charge >= 0.3 is 5.97 Å². The summed E-state index contributed by atoms with van der Waals surface area (Å²) in [6.45, 7) is 3.94. The first-order chi connectivity index (χ1) is 12.0. The number of aromatic nitrogens is 2. The summed E-state index contributed by atoms with van der Waals surface area (Å²) in [6.07, 6.45) is 2.67. The average molecular weight is 336 g/mol. The number of fused-ring (bicyclic) bond motifs is 1. The first-order valence-electron chi connectivity index (χ1n) is 8.21. The molecule has 0 aliphatic carbocycles. The van der Waals surface area contributed by atoms with Crippen LogP contribution in [0.2, 0.25) is 0 Å². The van der Waals surface area contributed by atoms with E-state index in [1.807, 2.05) is 44.2 Å². The molecule has 3 rings (SSSR count). The highest BCUT2D eigenvalue weighted by molar-refractivity contribution is 5.69. The minimum atomic E-state index is -0.300. The Labute approximate surface area is 145 Å². The molecule has 2 aromatic heterocycles. The average Bonchev–Trinajstić information content (AvgIpc) is 2.60. The van der Waals surface area contributed by atoms with Crippen molar-refractivity contribution in [1.82, 2.24) is 9.38 Å². The number of carbonyl (C=O) groups excluding carboxylic acids is 1. The molecule has 0 bridgehead atoms. The van der Waals surface area contributed by atoms with E-state index < -0.39 is 0 Å². The van der Waals surface area contributed by atoms with E-state index in [0.29, 0.717) is 24.2 Å². The zero-order valence-electron chi connectivity index (χ0n) is 14.4. The maximum absolute atomic E-state index is 12.1. The molecular weight excluding hydrogens is 316 g/mol. The van der Waals surface area contributed by atoms with Gasteiger partial charge in [-0.05, 0) is 37.5 Å². The molecule has 0 unspecified atom stereocenters. The van der Waals surface area contributed by atoms with Crippen molar-refractivity contribution in [3.05, 3.63) is 81.4 Å². The summed E-state index contributed by atoms with van der Waals surface area (Å²) < 4.78 is 6.74. The Hall–Kier alpha value is -2.95. The second kappa shape index (κ2) is 7.30. The molecule has 1 aromatic carbocycles. The van der Waals surface area contributed by atoms with Gasteiger partial charge in [0, 0.05) is 18.7 Å². The van der Waals surface area contributed by atoms with Crippen molar-refractivity contribution < 1.29 is 9.53 Å². The summed E-state index contributed by atoms with van der Waals surface area (Å²) in [5, 5.41) is 0. The highest BCUT2D eigenvalue weighted by Gasteiger charge is 2.07. The van der Waals surface area contributed by atoms with E-state index in [9.17, 15) is 9.59 Å². The number of carbonyl (C=O) groups is 1. The van der Waals surface area contributed by atoms with Crippen LogP contribution in [-0.4, -0.2) is 15.4 Å². The van der Waals surface area contributed by atoms with E-state index in [1.165, 1.54) is 16.0 Å². The molecule has 128 valence electrons. The highest BCUT2D eigenvalue weighted by atomic mass is 16.5. The van der Waals surface area contributed by atoms with E-state index in [1.54, 1.807) is 12.3 Å². The van der Waals surface area contributed by atoms with Crippen LogP contribution in [0.25, 0.3) is 5.65 Å². The fourth-order valence-electron chi connectivity index (χ4n) is 2.56. The molecule has 0 aliphatic heterocycles. The molecule has 0 saturated carbocycles. The fourth-order valence-corrected chi connectivity index (χ4v) is 2.56. The van der Waals surface area contributed by atoms with Crippen LogP contribution >= 0.6 is 0 Å². The maximum Gasteiger partial charge on any atom is 0.306 e. The number of ether oxygens (including phenoxy) is 1. The maximum atomic E-state index is 12.1. The Kier molecular flexibility index (Phi) is 4.93. The van der Waals surface area contributed by atoms with Crippen molar-refractivity contribution in [3.63, 3.8) is 0 Å². The number of benzene rings is 1. The third-order valence-electron chi connectivity index (χ3n) is 3.98. The van der Waals surface area contributed by atoms with Gasteiger partial charge in [-0.25, -0.2) is 4.98 Å². The van der Waals surface area contributed by atoms with Crippen molar-refractivity contribution in [3.8, 4) is 0 Å². The Morgan fingerprint density at radius 3 is 2.56 bits per heavy atom. The summed E-state index contributed by atoms with van der Waals surface area (Å²) in [5.41, 5.74) is 4.09. The standard InChI is InChI=1S/C20H20N2O3/c1-14-3-6-16(7-4-14)8-10-20(24)25-13-17-11-19(23)22-12-15(2)5-9-18(22)21-17/h3-7,9,11-12H,8,10,13H2,1-2H3. The summed E-state index contributed by atoms with van der Waals surface area (Å²) in [4.78, 5) is 28.4. The van der Waals surface area contributed by atoms with Gasteiger partial charge in [-0.2, -0.15) is 0 Å². The van der Waals surface area contributed by atoms with E-state index >= 15 is 0 Å². The van der Waals surface area contributed by atoms with Gasteiger partial charge in [0.05, 0.1) is 5.69 Å². The molecule has 0 atom stereocenters. The van der Waals surface area contributed by atoms with Crippen LogP contribution in [0.5, 0.6) is 0 Å². The molecule has 25 heavy (non-hydrogen) atoms. The smallest absolute Gasteiger partial charge is 0.306 e. The summed E-state index contributed by atoms with van der Waals surface area (Å²) in [7, 11) is 0. The highest BCUT2D eigenvalue weighted by Crippen LogP contribution is 2.08. The van der Waals surface area contributed by atoms with Crippen LogP contribution in [0.1, 0.15) is 28.8 Å². The van der Waals surface area contributed by atoms with Crippen LogP contribution in [0.4, 0.5) is 0 Å². The Balaban J connectivity index is 1.60. The number of hydrogen-bond acceptors (Lipinski definition) is 4. The lowest BCUT2D eigenvalue weighted by Gasteiger charge is -2.07. The second-order valence-electron chi connectivity index (χ2n) is 6.17. The van der Waals surface area contributed by atoms with Crippen molar-refractivity contribution >= 4 is 11.6 Å². The quantitative estimate of drug-likeness (QED) is 0.672. The van der Waals surface area contributed by atoms with E-state index in [-0.39, 0.29) is 18.1 Å². The molecule has 5 heteroatoms. The van der Waals surface area contributed by atoms with Crippen LogP contribution in [0.3, 0.4) is 0 Å². The molecule has 0 aliphatic rings. The number of aryl methyl sites for hydroxylation is 3. The van der Waals surface area contributed by atoms with Crippen LogP contribution in [0, 0.1) is 13.8 Å². The van der Waals surface area contributed by atoms with Gasteiger partial charge in [0.15, 0.2) is 0 Å². The predicted octanol–water partition coefficient (Wildman–Crippen LogP) is 2.99. The minimum absolute atomic E-state index is 0.00630. The van der Waals surface area contributed by atoms with Gasteiger partial charge in [0.1, 0.15) is 12.3 Å². The summed E-state index contributed by atoms with van der Waals surface area (Å²) in [5.74, 6) is -0.300. The molecule has 0 N–H and O–H groups in total. The largest absolute Gasteiger partial charge is 0.459 e. The van der Waals surface area contributed by atoms with Crippen LogP contribution < -0.4 is 5.56 Å². The van der Waals surface area contributed by atoms with Gasteiger partial charge in [0.25, 0.3) is 5.56 Å². The first-order valence-corrected chi connectivity index (χ1v) is 8.21. The Morgan fingerprint density at radius 2 is 1.80 bits per heavy atom. The number of hydrogen-bond donors (Lipinski definition) is 0. The van der Waals surface area contributed by atoms with Gasteiger partial charge < -0.3 is 4.74 Å². The van der Waals surface area contributed by atoms with Crippen molar-refractivity contribution in [2.24, 2.45) is 0 Å². The third-order valence-corrected chi connectivity index (χ3v) is 3.98. The summed E-state index contributed by atoms with van der Waals surface area (Å²) in [6, 6.07) is 13.1. The number of pyridine rings is 1. The number of rotatable bonds is 5. The van der Waals surface area contributed by atoms with E-state index in [2.05, 4.69) is 4.98 Å². The van der Waals surface area contributed by atoms with E-state index in [4.69, 9.17) is 4.74 Å². The Morgan fingerprint density at radius 1 is 1.08 bits per heavy atom. The molecule has 5 nitrogen and oxygen atoms in total. The minimum Gasteiger partial charge on any atom is -0.459 e. The van der Waals surface area contributed by atoms with Crippen LogP contribution in [0.15, 0.2) is 53.5 Å². The zero-order valence-corrected chi connectivity index (χ0v) is 14.4. The monoisotopic (exact) mass is 336 g/mol. The third kappa shape index (κ3) is 4.32. The second-order valence-corrected chi connectivity index (χ2v) is 6.17. The normalized spacial score (nSPS) is 10.8. The topological polar surface area (TPSA) is 60.7 Å². The molecule has 0 saturated heterocycles. The molecular formula is C20H20N2O3. The lowest BCUT2D eigenvalue weighted by molar-refractivity contribution is -0.145. The van der Waals surface area contributed by atoms with Crippen LogP contribution in [-0.2, 0) is 22.6 Å². The lowest BCUT2D eigenvalue weighted by Crippen LogP contribution is -2.17. The van der Waals surface area contributed by atoms with Crippen molar-refractivity contribution in [2.45, 2.75) is 33.3 Å². The Bertz CT molecular complexity index is 959. The van der Waals surface area contributed by atoms with Crippen molar-refractivity contribution in [2.75, 3.05) is 0 Å². The van der Waals surface area contributed by atoms with Crippen molar-refractivity contribution in [1.29, 1.82) is 0 Å². The fraction of sp³-hybridized carbons (Fsp3) is 0.250. The molecule has 0 fully saturated rings.